The predicted octanol–water partition coefficient (Wildman–Crippen LogP) is 2.55. The minimum absolute atomic E-state index is 0.117. The summed E-state index contributed by atoms with van der Waals surface area (Å²) in [4.78, 5) is 14.4. The number of thioether (sulfide) groups is 1. The van der Waals surface area contributed by atoms with E-state index in [0.29, 0.717) is 22.7 Å². The van der Waals surface area contributed by atoms with E-state index in [1.54, 1.807) is 11.8 Å². The summed E-state index contributed by atoms with van der Waals surface area (Å²) in [7, 11) is 3.51. The van der Waals surface area contributed by atoms with Crippen molar-refractivity contribution >= 4 is 17.7 Å². The summed E-state index contributed by atoms with van der Waals surface area (Å²) in [6.45, 7) is 0. The zero-order valence-electron chi connectivity index (χ0n) is 14.6. The fourth-order valence-corrected chi connectivity index (χ4v) is 3.93. The number of para-hydroxylation sites is 2. The fourth-order valence-electron chi connectivity index (χ4n) is 3.12. The average molecular weight is 361 g/mol. The summed E-state index contributed by atoms with van der Waals surface area (Å²) < 4.78 is 6.97. The molecular weight excluding hydrogens is 338 g/mol. The number of hydrogen-bond donors (Lipinski definition) is 0. The minimum atomic E-state index is 0.117. The average Bonchev–Trinajstić information content (AvgIpc) is 3.14. The molecule has 0 atom stereocenters. The second-order valence-corrected chi connectivity index (χ2v) is 7.07. The number of benzene rings is 1. The number of tetrazole rings is 1. The Kier molecular flexibility index (Phi) is 5.91. The van der Waals surface area contributed by atoms with Crippen molar-refractivity contribution < 1.29 is 9.53 Å². The van der Waals surface area contributed by atoms with Crippen molar-refractivity contribution in [2.75, 3.05) is 19.9 Å². The van der Waals surface area contributed by atoms with Gasteiger partial charge < -0.3 is 9.64 Å². The van der Waals surface area contributed by atoms with Crippen LogP contribution in [0.25, 0.3) is 5.69 Å². The number of methoxy groups -OCH3 is 1. The van der Waals surface area contributed by atoms with Crippen LogP contribution in [0, 0.1) is 0 Å². The Hall–Kier alpha value is -2.09. The number of rotatable bonds is 6. The highest BCUT2D eigenvalue weighted by atomic mass is 32.2. The number of amides is 1. The summed E-state index contributed by atoms with van der Waals surface area (Å²) in [6, 6.07) is 7.90. The molecule has 7 nitrogen and oxygen atoms in total. The molecule has 1 aliphatic rings. The van der Waals surface area contributed by atoms with E-state index in [1.807, 2.05) is 36.2 Å². The van der Waals surface area contributed by atoms with Crippen LogP contribution in [-0.4, -0.2) is 57.0 Å². The lowest BCUT2D eigenvalue weighted by Gasteiger charge is -2.31. The van der Waals surface area contributed by atoms with Crippen LogP contribution in [0.4, 0.5) is 0 Å². The maximum Gasteiger partial charge on any atom is 0.233 e. The van der Waals surface area contributed by atoms with E-state index < -0.39 is 0 Å². The summed E-state index contributed by atoms with van der Waals surface area (Å²) >= 11 is 1.35. The van der Waals surface area contributed by atoms with Gasteiger partial charge in [0, 0.05) is 13.1 Å². The van der Waals surface area contributed by atoms with Crippen molar-refractivity contribution in [1.29, 1.82) is 0 Å². The molecule has 3 rings (SSSR count). The number of carbonyl (C=O) groups excluding carboxylic acids is 1. The molecule has 1 aromatic carbocycles. The van der Waals surface area contributed by atoms with Gasteiger partial charge in [-0.15, -0.1) is 5.10 Å². The second kappa shape index (κ2) is 8.33. The van der Waals surface area contributed by atoms with E-state index in [-0.39, 0.29) is 5.91 Å². The van der Waals surface area contributed by atoms with Gasteiger partial charge in [0.25, 0.3) is 0 Å². The van der Waals surface area contributed by atoms with E-state index in [1.165, 1.54) is 31.0 Å². The van der Waals surface area contributed by atoms with Crippen LogP contribution >= 0.6 is 11.8 Å². The zero-order valence-corrected chi connectivity index (χ0v) is 15.4. The van der Waals surface area contributed by atoms with Crippen molar-refractivity contribution in [3.05, 3.63) is 24.3 Å². The highest BCUT2D eigenvalue weighted by Crippen LogP contribution is 2.26. The largest absolute Gasteiger partial charge is 0.494 e. The summed E-state index contributed by atoms with van der Waals surface area (Å²) in [5, 5.41) is 12.4. The van der Waals surface area contributed by atoms with Gasteiger partial charge in [-0.25, -0.2) is 0 Å². The van der Waals surface area contributed by atoms with Crippen molar-refractivity contribution in [3.63, 3.8) is 0 Å². The third kappa shape index (κ3) is 4.12. The molecular formula is C17H23N5O2S. The van der Waals surface area contributed by atoms with Crippen LogP contribution < -0.4 is 4.74 Å². The molecule has 8 heteroatoms. The highest BCUT2D eigenvalue weighted by molar-refractivity contribution is 7.99. The number of ether oxygens (including phenoxy) is 1. The molecule has 1 amide bonds. The lowest BCUT2D eigenvalue weighted by molar-refractivity contribution is -0.129. The maximum atomic E-state index is 12.5. The number of nitrogens with zero attached hydrogens (tertiary/aromatic N) is 5. The summed E-state index contributed by atoms with van der Waals surface area (Å²) in [6.07, 6.45) is 5.90. The molecule has 1 aliphatic carbocycles. The van der Waals surface area contributed by atoms with Gasteiger partial charge in [0.2, 0.25) is 11.1 Å². The van der Waals surface area contributed by atoms with Crippen LogP contribution in [0.5, 0.6) is 5.75 Å². The molecule has 0 spiro atoms. The zero-order chi connectivity index (χ0) is 17.6. The molecule has 0 aliphatic heterocycles. The minimum Gasteiger partial charge on any atom is -0.494 e. The molecule has 2 aromatic rings. The van der Waals surface area contributed by atoms with Gasteiger partial charge in [0.1, 0.15) is 11.4 Å². The number of aromatic nitrogens is 4. The van der Waals surface area contributed by atoms with E-state index in [9.17, 15) is 4.79 Å². The standard InChI is InChI=1S/C17H23N5O2S/c1-21(13-8-4-3-5-9-13)16(23)12-25-17-18-19-20-22(17)14-10-6-7-11-15(14)24-2/h6-7,10-11,13H,3-5,8-9,12H2,1-2H3. The Morgan fingerprint density at radius 3 is 2.84 bits per heavy atom. The monoisotopic (exact) mass is 361 g/mol. The van der Waals surface area contributed by atoms with Crippen LogP contribution in [-0.2, 0) is 4.79 Å². The molecule has 1 aromatic heterocycles. The van der Waals surface area contributed by atoms with Gasteiger partial charge >= 0.3 is 0 Å². The van der Waals surface area contributed by atoms with E-state index in [4.69, 9.17) is 4.74 Å². The van der Waals surface area contributed by atoms with Gasteiger partial charge in [0.05, 0.1) is 12.9 Å². The number of carbonyl (C=O) groups is 1. The molecule has 1 heterocycles. The van der Waals surface area contributed by atoms with Crippen molar-refractivity contribution in [2.45, 2.75) is 43.3 Å². The first-order valence-electron chi connectivity index (χ1n) is 8.51. The van der Waals surface area contributed by atoms with Gasteiger partial charge in [-0.05, 0) is 35.4 Å². The fraction of sp³-hybridized carbons (Fsp3) is 0.529. The normalized spacial score (nSPS) is 15.1. The highest BCUT2D eigenvalue weighted by Gasteiger charge is 2.23. The van der Waals surface area contributed by atoms with Gasteiger partial charge in [-0.2, -0.15) is 4.68 Å². The Balaban J connectivity index is 1.66. The summed E-state index contributed by atoms with van der Waals surface area (Å²) in [5.41, 5.74) is 0.755. The molecule has 25 heavy (non-hydrogen) atoms. The van der Waals surface area contributed by atoms with Crippen molar-refractivity contribution in [3.8, 4) is 11.4 Å². The van der Waals surface area contributed by atoms with Crippen molar-refractivity contribution in [1.82, 2.24) is 25.1 Å². The second-order valence-electron chi connectivity index (χ2n) is 6.13. The first-order chi connectivity index (χ1) is 12.2. The number of hydrogen-bond acceptors (Lipinski definition) is 6. The van der Waals surface area contributed by atoms with Crippen LogP contribution in [0.2, 0.25) is 0 Å². The van der Waals surface area contributed by atoms with Gasteiger partial charge in [-0.3, -0.25) is 4.79 Å². The van der Waals surface area contributed by atoms with Crippen molar-refractivity contribution in [2.24, 2.45) is 0 Å². The first kappa shape index (κ1) is 17.7. The third-order valence-corrected chi connectivity index (χ3v) is 5.50. The smallest absolute Gasteiger partial charge is 0.233 e. The lowest BCUT2D eigenvalue weighted by Crippen LogP contribution is -2.39. The molecule has 1 fully saturated rings. The van der Waals surface area contributed by atoms with Crippen LogP contribution in [0.15, 0.2) is 29.4 Å². The third-order valence-electron chi connectivity index (χ3n) is 4.59. The molecule has 0 unspecified atom stereocenters. The van der Waals surface area contributed by atoms with Gasteiger partial charge in [0.15, 0.2) is 0 Å². The molecule has 1 saturated carbocycles. The first-order valence-corrected chi connectivity index (χ1v) is 9.49. The van der Waals surface area contributed by atoms with Crippen LogP contribution in [0.3, 0.4) is 0 Å². The molecule has 0 bridgehead atoms. The Morgan fingerprint density at radius 1 is 1.32 bits per heavy atom. The Morgan fingerprint density at radius 2 is 2.08 bits per heavy atom. The Bertz CT molecular complexity index is 715. The molecule has 0 saturated heterocycles. The molecule has 0 N–H and O–H groups in total. The maximum absolute atomic E-state index is 12.5. The van der Waals surface area contributed by atoms with E-state index >= 15 is 0 Å². The van der Waals surface area contributed by atoms with E-state index in [0.717, 1.165) is 18.5 Å². The lowest BCUT2D eigenvalue weighted by atomic mass is 9.94. The SMILES string of the molecule is COc1ccccc1-n1nnnc1SCC(=O)N(C)C1CCCCC1. The topological polar surface area (TPSA) is 73.1 Å². The molecule has 134 valence electrons. The van der Waals surface area contributed by atoms with E-state index in [2.05, 4.69) is 15.5 Å². The molecule has 0 radical (unpaired) electrons. The summed E-state index contributed by atoms with van der Waals surface area (Å²) in [5.74, 6) is 1.12. The quantitative estimate of drug-likeness (QED) is 0.736. The van der Waals surface area contributed by atoms with Crippen LogP contribution in [0.1, 0.15) is 32.1 Å². The Labute approximate surface area is 151 Å². The van der Waals surface area contributed by atoms with Gasteiger partial charge in [-0.1, -0.05) is 43.2 Å². The predicted molar refractivity (Wildman–Crippen MR) is 96.1 cm³/mol.